The van der Waals surface area contributed by atoms with Crippen LogP contribution in [0, 0.1) is 56.2 Å². The highest BCUT2D eigenvalue weighted by Gasteiger charge is 2.70. The Labute approximate surface area is 238 Å². The van der Waals surface area contributed by atoms with Crippen LogP contribution in [-0.4, -0.2) is 23.1 Å². The number of esters is 1. The van der Waals surface area contributed by atoms with Crippen molar-refractivity contribution in [3.8, 4) is 0 Å². The Hall–Kier alpha value is -1.32. The molecule has 0 spiro atoms. The van der Waals surface area contributed by atoms with Crippen LogP contribution < -0.4 is 0 Å². The molecule has 0 aromatic heterocycles. The van der Waals surface area contributed by atoms with Crippen LogP contribution in [-0.2, 0) is 14.3 Å². The molecule has 5 aliphatic carbocycles. The number of hydrogen-bond donors (Lipinski definition) is 1. The molecule has 5 aliphatic rings. The van der Waals surface area contributed by atoms with Crippen molar-refractivity contribution in [2.45, 2.75) is 139 Å². The first-order valence-corrected chi connectivity index (χ1v) is 16.1. The molecule has 4 heteroatoms. The Balaban J connectivity index is 1.47. The van der Waals surface area contributed by atoms with E-state index in [-0.39, 0.29) is 39.1 Å². The molecular weight excluding hydrogens is 484 g/mol. The third kappa shape index (κ3) is 4.10. The van der Waals surface area contributed by atoms with E-state index in [0.717, 1.165) is 44.9 Å². The highest BCUT2D eigenvalue weighted by Crippen LogP contribution is 2.76. The van der Waals surface area contributed by atoms with Crippen molar-refractivity contribution >= 4 is 11.9 Å². The standard InChI is InChI=1S/C35H56O4/c1-22(2)20-28(36)39-27-13-14-32(7)25(31(27,5)6)12-15-34(9)26(32)11-10-23-24-21-30(3,4)16-18-35(24,29(37)38)19-17-33(23,34)8/h21-23,25-27H,10-20H2,1-9H3,(H,37,38)/t23-,25+,26-,27+,32+,33-,34-,35+/m1/s1. The van der Waals surface area contributed by atoms with Crippen molar-refractivity contribution in [1.82, 2.24) is 0 Å². The lowest BCUT2D eigenvalue weighted by molar-refractivity contribution is -0.234. The van der Waals surface area contributed by atoms with Crippen molar-refractivity contribution in [2.24, 2.45) is 56.2 Å². The smallest absolute Gasteiger partial charge is 0.313 e. The second-order valence-corrected chi connectivity index (χ2v) is 17.0. The fourth-order valence-corrected chi connectivity index (χ4v) is 11.4. The number of fused-ring (bicyclic) bond motifs is 7. The van der Waals surface area contributed by atoms with E-state index in [1.165, 1.54) is 24.8 Å². The fourth-order valence-electron chi connectivity index (χ4n) is 11.4. The molecule has 0 radical (unpaired) electrons. The molecule has 1 N–H and O–H groups in total. The lowest BCUT2D eigenvalue weighted by atomic mass is 9.32. The highest BCUT2D eigenvalue weighted by molar-refractivity contribution is 5.80. The maximum atomic E-state index is 12.9. The molecule has 0 amide bonds. The van der Waals surface area contributed by atoms with E-state index in [9.17, 15) is 14.7 Å². The summed E-state index contributed by atoms with van der Waals surface area (Å²) in [6.07, 6.45) is 13.2. The van der Waals surface area contributed by atoms with E-state index in [1.807, 2.05) is 0 Å². The quantitative estimate of drug-likeness (QED) is 0.286. The van der Waals surface area contributed by atoms with Gasteiger partial charge < -0.3 is 9.84 Å². The first kappa shape index (κ1) is 29.2. The van der Waals surface area contributed by atoms with Crippen molar-refractivity contribution in [1.29, 1.82) is 0 Å². The van der Waals surface area contributed by atoms with E-state index < -0.39 is 11.4 Å². The summed E-state index contributed by atoms with van der Waals surface area (Å²) >= 11 is 0. The van der Waals surface area contributed by atoms with Gasteiger partial charge in [0.05, 0.1) is 5.41 Å². The zero-order valence-electron chi connectivity index (χ0n) is 26.4. The Bertz CT molecular complexity index is 1050. The van der Waals surface area contributed by atoms with E-state index >= 15 is 0 Å². The molecule has 0 saturated heterocycles. The van der Waals surface area contributed by atoms with Gasteiger partial charge in [0, 0.05) is 11.8 Å². The number of ether oxygens (including phenoxy) is 1. The zero-order valence-corrected chi connectivity index (χ0v) is 26.4. The number of hydrogen-bond acceptors (Lipinski definition) is 3. The van der Waals surface area contributed by atoms with Gasteiger partial charge >= 0.3 is 11.9 Å². The van der Waals surface area contributed by atoms with E-state index in [2.05, 4.69) is 68.4 Å². The van der Waals surface area contributed by atoms with E-state index in [1.54, 1.807) is 0 Å². The Morgan fingerprint density at radius 3 is 2.15 bits per heavy atom. The Morgan fingerprint density at radius 1 is 0.846 bits per heavy atom. The summed E-state index contributed by atoms with van der Waals surface area (Å²) in [5.41, 5.74) is 1.19. The summed E-state index contributed by atoms with van der Waals surface area (Å²) in [6, 6.07) is 0. The summed E-state index contributed by atoms with van der Waals surface area (Å²) in [6.45, 7) is 21.2. The van der Waals surface area contributed by atoms with Gasteiger partial charge in [0.1, 0.15) is 6.10 Å². The van der Waals surface area contributed by atoms with Gasteiger partial charge in [0.25, 0.3) is 0 Å². The van der Waals surface area contributed by atoms with E-state index in [4.69, 9.17) is 4.74 Å². The predicted octanol–water partition coefficient (Wildman–Crippen LogP) is 8.83. The van der Waals surface area contributed by atoms with Crippen molar-refractivity contribution in [2.75, 3.05) is 0 Å². The predicted molar refractivity (Wildman–Crippen MR) is 156 cm³/mol. The van der Waals surface area contributed by atoms with Crippen molar-refractivity contribution in [3.05, 3.63) is 11.6 Å². The minimum Gasteiger partial charge on any atom is -0.481 e. The number of aliphatic carboxylic acids is 1. The van der Waals surface area contributed by atoms with Gasteiger partial charge in [0.2, 0.25) is 0 Å². The summed E-state index contributed by atoms with van der Waals surface area (Å²) in [4.78, 5) is 25.6. The van der Waals surface area contributed by atoms with Crippen LogP contribution in [0.4, 0.5) is 0 Å². The molecule has 0 bridgehead atoms. The summed E-state index contributed by atoms with van der Waals surface area (Å²) in [7, 11) is 0. The normalized spacial score (nSPS) is 46.2. The monoisotopic (exact) mass is 540 g/mol. The molecule has 0 aromatic rings. The zero-order chi connectivity index (χ0) is 28.8. The van der Waals surface area contributed by atoms with Crippen LogP contribution in [0.15, 0.2) is 11.6 Å². The number of carboxylic acid groups (broad SMARTS) is 1. The molecule has 0 unspecified atom stereocenters. The van der Waals surface area contributed by atoms with Crippen LogP contribution in [0.1, 0.15) is 133 Å². The minimum absolute atomic E-state index is 0.00130. The Kier molecular flexibility index (Phi) is 6.80. The average Bonchev–Trinajstić information content (AvgIpc) is 2.80. The maximum Gasteiger partial charge on any atom is 0.313 e. The molecule has 5 rings (SSSR count). The van der Waals surface area contributed by atoms with Crippen molar-refractivity contribution < 1.29 is 19.4 Å². The van der Waals surface area contributed by atoms with Crippen LogP contribution in [0.3, 0.4) is 0 Å². The molecule has 39 heavy (non-hydrogen) atoms. The van der Waals surface area contributed by atoms with Crippen LogP contribution >= 0.6 is 0 Å². The van der Waals surface area contributed by atoms with Crippen LogP contribution in [0.5, 0.6) is 0 Å². The molecule has 0 aromatic carbocycles. The van der Waals surface area contributed by atoms with Gasteiger partial charge in [-0.25, -0.2) is 0 Å². The minimum atomic E-state index is -0.649. The van der Waals surface area contributed by atoms with Gasteiger partial charge in [-0.05, 0) is 110 Å². The third-order valence-electron chi connectivity index (χ3n) is 13.8. The molecule has 4 saturated carbocycles. The molecular formula is C35H56O4. The van der Waals surface area contributed by atoms with E-state index in [0.29, 0.717) is 30.1 Å². The Morgan fingerprint density at radius 2 is 1.51 bits per heavy atom. The first-order valence-electron chi connectivity index (χ1n) is 16.1. The summed E-state index contributed by atoms with van der Waals surface area (Å²) in [5.74, 6) is 1.22. The van der Waals surface area contributed by atoms with Gasteiger partial charge in [-0.3, -0.25) is 9.59 Å². The maximum absolute atomic E-state index is 12.9. The number of carbonyl (C=O) groups excluding carboxylic acids is 1. The van der Waals surface area contributed by atoms with Crippen LogP contribution in [0.2, 0.25) is 0 Å². The number of allylic oxidation sites excluding steroid dienone is 1. The van der Waals surface area contributed by atoms with Gasteiger partial charge in [-0.15, -0.1) is 0 Å². The first-order chi connectivity index (χ1) is 17.9. The number of carbonyl (C=O) groups is 2. The lowest BCUT2D eigenvalue weighted by Crippen LogP contribution is -2.66. The second kappa shape index (κ2) is 9.09. The largest absolute Gasteiger partial charge is 0.481 e. The molecule has 8 atom stereocenters. The lowest BCUT2D eigenvalue weighted by Gasteiger charge is -2.72. The number of carboxylic acids is 1. The third-order valence-corrected chi connectivity index (χ3v) is 13.8. The summed E-state index contributed by atoms with van der Waals surface area (Å²) in [5, 5.41) is 10.6. The number of rotatable bonds is 4. The molecule has 4 fully saturated rings. The van der Waals surface area contributed by atoms with Gasteiger partial charge in [-0.2, -0.15) is 0 Å². The van der Waals surface area contributed by atoms with Gasteiger partial charge in [0.15, 0.2) is 0 Å². The molecule has 220 valence electrons. The highest BCUT2D eigenvalue weighted by atomic mass is 16.5. The summed E-state index contributed by atoms with van der Waals surface area (Å²) < 4.78 is 6.19. The molecule has 0 heterocycles. The van der Waals surface area contributed by atoms with Gasteiger partial charge in [-0.1, -0.05) is 74.0 Å². The SMILES string of the molecule is CC(C)CC(=O)O[C@H]1CC[C@]2(C)[C@H]3CC[C@@H]4C5=CC(C)(C)CC[C@]5(C(=O)O)CC[C@@]4(C)[C@]3(C)CC[C@H]2C1(C)C. The van der Waals surface area contributed by atoms with Crippen molar-refractivity contribution in [3.63, 3.8) is 0 Å². The topological polar surface area (TPSA) is 63.6 Å². The average molecular weight is 541 g/mol. The molecule has 0 aliphatic heterocycles. The second-order valence-electron chi connectivity index (χ2n) is 17.0. The van der Waals surface area contributed by atoms with Crippen LogP contribution in [0.25, 0.3) is 0 Å². The fraction of sp³-hybridized carbons (Fsp3) is 0.886. The molecule has 4 nitrogen and oxygen atoms in total.